The molecule has 0 aliphatic heterocycles. The van der Waals surface area contributed by atoms with Crippen LogP contribution in [0.1, 0.15) is 12.5 Å². The molecule has 1 aromatic carbocycles. The van der Waals surface area contributed by atoms with E-state index >= 15 is 0 Å². The fourth-order valence-electron chi connectivity index (χ4n) is 1.44. The Kier molecular flexibility index (Phi) is 4.22. The lowest BCUT2D eigenvalue weighted by molar-refractivity contribution is -0.385. The summed E-state index contributed by atoms with van der Waals surface area (Å²) >= 11 is 0. The van der Waals surface area contributed by atoms with Crippen LogP contribution in [0.25, 0.3) is 0 Å². The zero-order chi connectivity index (χ0) is 14.8. The third-order valence-corrected chi connectivity index (χ3v) is 4.13. The minimum absolute atomic E-state index is 0.0439. The van der Waals surface area contributed by atoms with E-state index in [4.69, 9.17) is 5.11 Å². The SMILES string of the molecule is Cc1c([N+](=O)[O-])cccc1S(=O)(=O)N[C@@H](C)C(=O)O. The van der Waals surface area contributed by atoms with E-state index in [9.17, 15) is 23.3 Å². The first-order valence-corrected chi connectivity index (χ1v) is 6.64. The van der Waals surface area contributed by atoms with Gasteiger partial charge in [-0.1, -0.05) is 6.07 Å². The molecule has 0 spiro atoms. The maximum Gasteiger partial charge on any atom is 0.321 e. The van der Waals surface area contributed by atoms with Gasteiger partial charge in [-0.15, -0.1) is 0 Å². The molecule has 0 bridgehead atoms. The largest absolute Gasteiger partial charge is 0.480 e. The van der Waals surface area contributed by atoms with Gasteiger partial charge in [0.1, 0.15) is 6.04 Å². The van der Waals surface area contributed by atoms with E-state index in [1.807, 2.05) is 4.72 Å². The van der Waals surface area contributed by atoms with Gasteiger partial charge in [0.2, 0.25) is 10.0 Å². The molecule has 0 heterocycles. The van der Waals surface area contributed by atoms with E-state index in [-0.39, 0.29) is 16.1 Å². The van der Waals surface area contributed by atoms with Crippen molar-refractivity contribution in [3.05, 3.63) is 33.9 Å². The second-order valence-electron chi connectivity index (χ2n) is 3.84. The molecule has 0 fully saturated rings. The molecule has 9 heteroatoms. The molecule has 2 N–H and O–H groups in total. The van der Waals surface area contributed by atoms with Gasteiger partial charge in [0.15, 0.2) is 0 Å². The van der Waals surface area contributed by atoms with Crippen LogP contribution in [-0.4, -0.2) is 30.5 Å². The van der Waals surface area contributed by atoms with Gasteiger partial charge in [-0.2, -0.15) is 4.72 Å². The Morgan fingerprint density at radius 3 is 2.53 bits per heavy atom. The molecule has 104 valence electrons. The summed E-state index contributed by atoms with van der Waals surface area (Å²) in [7, 11) is -4.13. The van der Waals surface area contributed by atoms with E-state index in [0.29, 0.717) is 0 Å². The molecule has 0 aliphatic rings. The van der Waals surface area contributed by atoms with Crippen molar-refractivity contribution in [3.63, 3.8) is 0 Å². The van der Waals surface area contributed by atoms with Crippen LogP contribution < -0.4 is 4.72 Å². The number of nitro groups is 1. The zero-order valence-corrected chi connectivity index (χ0v) is 11.0. The molecule has 1 rings (SSSR count). The van der Waals surface area contributed by atoms with Crippen LogP contribution in [0.3, 0.4) is 0 Å². The predicted molar refractivity (Wildman–Crippen MR) is 65.3 cm³/mol. The number of hydrogen-bond donors (Lipinski definition) is 2. The second kappa shape index (κ2) is 5.33. The van der Waals surface area contributed by atoms with Crippen molar-refractivity contribution in [2.24, 2.45) is 0 Å². The number of benzene rings is 1. The fourth-order valence-corrected chi connectivity index (χ4v) is 2.90. The minimum Gasteiger partial charge on any atom is -0.480 e. The number of nitro benzene ring substituents is 1. The van der Waals surface area contributed by atoms with Crippen molar-refractivity contribution in [2.75, 3.05) is 0 Å². The minimum atomic E-state index is -4.13. The number of sulfonamides is 1. The van der Waals surface area contributed by atoms with Crippen LogP contribution in [-0.2, 0) is 14.8 Å². The summed E-state index contributed by atoms with van der Waals surface area (Å²) in [6.45, 7) is 2.45. The number of hydrogen-bond acceptors (Lipinski definition) is 5. The lowest BCUT2D eigenvalue weighted by Crippen LogP contribution is -2.38. The quantitative estimate of drug-likeness (QED) is 0.605. The first kappa shape index (κ1) is 15.1. The molecular weight excluding hydrogens is 276 g/mol. The molecule has 1 atom stereocenters. The molecule has 0 aliphatic carbocycles. The highest BCUT2D eigenvalue weighted by Gasteiger charge is 2.26. The Balaban J connectivity index is 3.26. The van der Waals surface area contributed by atoms with Crippen molar-refractivity contribution in [2.45, 2.75) is 24.8 Å². The molecule has 19 heavy (non-hydrogen) atoms. The third kappa shape index (κ3) is 3.26. The van der Waals surface area contributed by atoms with Crippen LogP contribution in [0.2, 0.25) is 0 Å². The molecule has 8 nitrogen and oxygen atoms in total. The van der Waals surface area contributed by atoms with E-state index in [1.54, 1.807) is 0 Å². The lowest BCUT2D eigenvalue weighted by Gasteiger charge is -2.12. The number of carboxylic acid groups (broad SMARTS) is 1. The van der Waals surface area contributed by atoms with Gasteiger partial charge < -0.3 is 5.11 Å². The molecule has 0 radical (unpaired) electrons. The molecule has 0 amide bonds. The molecular formula is C10H12N2O6S. The number of aliphatic carboxylic acids is 1. The van der Waals surface area contributed by atoms with Crippen LogP contribution in [0.5, 0.6) is 0 Å². The molecule has 0 saturated carbocycles. The fraction of sp³-hybridized carbons (Fsp3) is 0.300. The Morgan fingerprint density at radius 2 is 2.05 bits per heavy atom. The van der Waals surface area contributed by atoms with E-state index in [2.05, 4.69) is 0 Å². The van der Waals surface area contributed by atoms with Gasteiger partial charge in [-0.3, -0.25) is 14.9 Å². The average molecular weight is 288 g/mol. The Bertz CT molecular complexity index is 625. The standard InChI is InChI=1S/C10H12N2O6S/c1-6-8(12(15)16)4-3-5-9(6)19(17,18)11-7(2)10(13)14/h3-5,7,11H,1-2H3,(H,13,14)/t7-/m0/s1. The second-order valence-corrected chi connectivity index (χ2v) is 5.52. The number of carboxylic acids is 1. The average Bonchev–Trinajstić information content (AvgIpc) is 2.27. The smallest absolute Gasteiger partial charge is 0.321 e. The number of rotatable bonds is 5. The van der Waals surface area contributed by atoms with Gasteiger partial charge in [0, 0.05) is 11.6 Å². The summed E-state index contributed by atoms with van der Waals surface area (Å²) in [5.41, 5.74) is -0.386. The summed E-state index contributed by atoms with van der Waals surface area (Å²) in [4.78, 5) is 20.4. The van der Waals surface area contributed by atoms with E-state index < -0.39 is 27.0 Å². The van der Waals surface area contributed by atoms with Crippen LogP contribution in [0, 0.1) is 17.0 Å². The highest BCUT2D eigenvalue weighted by atomic mass is 32.2. The van der Waals surface area contributed by atoms with Crippen LogP contribution >= 0.6 is 0 Å². The van der Waals surface area contributed by atoms with E-state index in [1.165, 1.54) is 25.1 Å². The van der Waals surface area contributed by atoms with Crippen molar-refractivity contribution < 1.29 is 23.2 Å². The summed E-state index contributed by atoms with van der Waals surface area (Å²) < 4.78 is 25.8. The predicted octanol–water partition coefficient (Wildman–Crippen LogP) is 0.655. The van der Waals surface area contributed by atoms with Gasteiger partial charge in [-0.25, -0.2) is 8.42 Å². The zero-order valence-electron chi connectivity index (χ0n) is 10.2. The lowest BCUT2D eigenvalue weighted by atomic mass is 10.2. The first-order chi connectivity index (χ1) is 8.66. The van der Waals surface area contributed by atoms with Crippen LogP contribution in [0.15, 0.2) is 23.1 Å². The number of carbonyl (C=O) groups is 1. The summed E-state index contributed by atoms with van der Waals surface area (Å²) in [6.07, 6.45) is 0. The van der Waals surface area contributed by atoms with Crippen molar-refractivity contribution >= 4 is 21.7 Å². The molecule has 1 aromatic rings. The summed E-state index contributed by atoms with van der Waals surface area (Å²) in [5.74, 6) is -1.34. The van der Waals surface area contributed by atoms with Crippen molar-refractivity contribution in [1.29, 1.82) is 0 Å². The van der Waals surface area contributed by atoms with Gasteiger partial charge in [0.25, 0.3) is 5.69 Å². The van der Waals surface area contributed by atoms with E-state index in [0.717, 1.165) is 6.92 Å². The molecule has 0 unspecified atom stereocenters. The normalized spacial score (nSPS) is 12.9. The Hall–Kier alpha value is -2.00. The third-order valence-electron chi connectivity index (χ3n) is 2.44. The van der Waals surface area contributed by atoms with Crippen molar-refractivity contribution in [3.8, 4) is 0 Å². The van der Waals surface area contributed by atoms with Crippen molar-refractivity contribution in [1.82, 2.24) is 4.72 Å². The number of nitrogens with zero attached hydrogens (tertiary/aromatic N) is 1. The topological polar surface area (TPSA) is 127 Å². The van der Waals surface area contributed by atoms with Gasteiger partial charge >= 0.3 is 5.97 Å². The highest BCUT2D eigenvalue weighted by Crippen LogP contribution is 2.24. The Morgan fingerprint density at radius 1 is 1.47 bits per heavy atom. The highest BCUT2D eigenvalue weighted by molar-refractivity contribution is 7.89. The monoisotopic (exact) mass is 288 g/mol. The summed E-state index contributed by atoms with van der Waals surface area (Å²) in [5, 5.41) is 19.4. The molecule has 0 saturated heterocycles. The first-order valence-electron chi connectivity index (χ1n) is 5.16. The van der Waals surface area contributed by atoms with Gasteiger partial charge in [-0.05, 0) is 19.9 Å². The maximum atomic E-state index is 11.9. The van der Waals surface area contributed by atoms with Crippen LogP contribution in [0.4, 0.5) is 5.69 Å². The number of nitrogens with one attached hydrogen (secondary N) is 1. The molecule has 0 aromatic heterocycles. The summed E-state index contributed by atoms with van der Waals surface area (Å²) in [6, 6.07) is 2.25. The maximum absolute atomic E-state index is 11.9. The van der Waals surface area contributed by atoms with Gasteiger partial charge in [0.05, 0.1) is 9.82 Å². The Labute approximate surface area is 109 Å².